The van der Waals surface area contributed by atoms with Gasteiger partial charge in [-0.3, -0.25) is 0 Å². The monoisotopic (exact) mass is 1140 g/mol. The third-order valence-corrected chi connectivity index (χ3v) is 28.0. The first-order chi connectivity index (χ1) is 34.8. The zero-order valence-corrected chi connectivity index (χ0v) is 51.3. The van der Waals surface area contributed by atoms with Gasteiger partial charge in [-0.2, -0.15) is 0 Å². The lowest BCUT2D eigenvalue weighted by atomic mass is 9.80. The molecule has 1 atom stereocenters. The molecule has 6 aromatic rings. The van der Waals surface area contributed by atoms with Gasteiger partial charge in [0.05, 0.1) is 40.3 Å². The molecule has 2 aliphatic carbocycles. The Bertz CT molecular complexity index is 2480. The molecule has 8 rings (SSSR count). The van der Waals surface area contributed by atoms with E-state index >= 15 is 0 Å². The first-order valence-electron chi connectivity index (χ1n) is 27.7. The van der Waals surface area contributed by atoms with Gasteiger partial charge in [0.1, 0.15) is 17.6 Å². The SMILES string of the molecule is CC(C)[Si](C(C)C)C(C)C.Cc1cnc2[nH]ccc2c1I.Cc1cnc2c(ccn2[Si](C(C)C)(C(C)C)C(C)C)c1C(O)C1CCC(OCc2ccccc2)CC1.O=CC1CCC(OCc2ccccc2)CC1. The molecule has 0 bridgehead atoms. The average molecular weight is 1140 g/mol. The number of ether oxygens (including phenoxy) is 2. The van der Waals surface area contributed by atoms with Crippen LogP contribution >= 0.6 is 22.6 Å². The van der Waals surface area contributed by atoms with Gasteiger partial charge >= 0.3 is 0 Å². The number of rotatable bonds is 16. The molecule has 2 aliphatic rings. The third kappa shape index (κ3) is 16.0. The molecule has 0 amide bonds. The lowest BCUT2D eigenvalue weighted by Crippen LogP contribution is -2.51. The number of pyridine rings is 2. The Morgan fingerprint density at radius 1 is 0.671 bits per heavy atom. The number of hydrogen-bond donors (Lipinski definition) is 2. The van der Waals surface area contributed by atoms with Crippen LogP contribution in [-0.2, 0) is 27.5 Å². The van der Waals surface area contributed by atoms with Crippen molar-refractivity contribution in [2.24, 2.45) is 11.8 Å². The topological polar surface area (TPSA) is 102 Å². The number of hydrogen-bond acceptors (Lipinski definition) is 6. The van der Waals surface area contributed by atoms with Crippen molar-refractivity contribution in [2.45, 2.75) is 213 Å². The van der Waals surface area contributed by atoms with E-state index in [9.17, 15) is 9.90 Å². The van der Waals surface area contributed by atoms with E-state index in [1.165, 1.54) is 25.6 Å². The molecule has 2 aromatic carbocycles. The zero-order chi connectivity index (χ0) is 53.4. The predicted octanol–water partition coefficient (Wildman–Crippen LogP) is 17.3. The summed E-state index contributed by atoms with van der Waals surface area (Å²) in [6.45, 7) is 34.1. The normalized spacial score (nSPS) is 18.8. The number of aliphatic hydroxyl groups excluding tert-OH is 1. The van der Waals surface area contributed by atoms with Crippen molar-refractivity contribution >= 4 is 68.0 Å². The van der Waals surface area contributed by atoms with E-state index in [0.717, 1.165) is 102 Å². The van der Waals surface area contributed by atoms with Gasteiger partial charge in [-0.05, 0) is 156 Å². The lowest BCUT2D eigenvalue weighted by Gasteiger charge is -2.44. The van der Waals surface area contributed by atoms with Gasteiger partial charge in [0.15, 0.2) is 8.24 Å². The fraction of sp³-hybridized carbons (Fsp3) is 0.565. The molecule has 1 radical (unpaired) electrons. The molecule has 0 spiro atoms. The summed E-state index contributed by atoms with van der Waals surface area (Å²) >= 11 is 2.34. The van der Waals surface area contributed by atoms with Crippen molar-refractivity contribution in [2.75, 3.05) is 0 Å². The molecule has 2 N–H and O–H groups in total. The summed E-state index contributed by atoms with van der Waals surface area (Å²) < 4.78 is 15.9. The van der Waals surface area contributed by atoms with Crippen LogP contribution in [0.2, 0.25) is 33.2 Å². The first kappa shape index (κ1) is 60.4. The molecule has 73 heavy (non-hydrogen) atoms. The van der Waals surface area contributed by atoms with Gasteiger partial charge in [-0.1, -0.05) is 160 Å². The Morgan fingerprint density at radius 3 is 1.60 bits per heavy atom. The highest BCUT2D eigenvalue weighted by atomic mass is 127. The van der Waals surface area contributed by atoms with Gasteiger partial charge < -0.3 is 28.6 Å². The number of benzene rings is 2. The van der Waals surface area contributed by atoms with Crippen LogP contribution < -0.4 is 0 Å². The number of aldehydes is 1. The molecule has 2 saturated carbocycles. The van der Waals surface area contributed by atoms with Crippen LogP contribution in [0.3, 0.4) is 0 Å². The highest BCUT2D eigenvalue weighted by Crippen LogP contribution is 2.46. The Morgan fingerprint density at radius 2 is 1.15 bits per heavy atom. The minimum atomic E-state index is -1.92. The van der Waals surface area contributed by atoms with E-state index < -0.39 is 14.3 Å². The molecule has 399 valence electrons. The molecule has 1 unspecified atom stereocenters. The molecule has 2 fully saturated rings. The summed E-state index contributed by atoms with van der Waals surface area (Å²) in [5.74, 6) is 0.535. The standard InChI is InChI=1S/C31H46N2O2Si.C14H18O2.C9H21Si.C8H7IN2/c1-21(2)36(22(3)4,23(5)6)33-18-17-28-29(24(7)19-32-31(28)33)30(34)26-13-15-27(16-14-26)35-20-25-11-9-8-10-12-25;15-10-12-6-8-14(9-7-12)16-11-13-4-2-1-3-5-13;1-7(2)10(8(3)4)9(5)6;1-5-4-11-8-6(7(5)9)2-3-10-8/h8-12,17-19,21-23,26-27,30,34H,13-16,20H2,1-7H3;1-5,10,12,14H,6-9,11H2;7-9H,1-6H3;2-4H,1H3,(H,10,11). The van der Waals surface area contributed by atoms with Crippen molar-refractivity contribution in [1.29, 1.82) is 0 Å². The molecule has 4 heterocycles. The number of H-pyrrole nitrogens is 1. The fourth-order valence-corrected chi connectivity index (χ4v) is 23.7. The van der Waals surface area contributed by atoms with Crippen LogP contribution in [-0.4, -0.2) is 59.8 Å². The maximum absolute atomic E-state index is 11.7. The number of aromatic nitrogens is 4. The first-order valence-corrected chi connectivity index (χ1v) is 32.7. The van der Waals surface area contributed by atoms with Crippen molar-refractivity contribution < 1.29 is 19.4 Å². The number of aromatic amines is 1. The molecule has 4 aromatic heterocycles. The maximum Gasteiger partial charge on any atom is 0.171 e. The quantitative estimate of drug-likeness (QED) is 0.0569. The summed E-state index contributed by atoms with van der Waals surface area (Å²) in [5.41, 5.74) is 12.5. The molecular weight excluding hydrogens is 1050 g/mol. The number of aryl methyl sites for hydroxylation is 2. The molecule has 8 nitrogen and oxygen atoms in total. The number of carbonyl (C=O) groups excluding carboxylic acids is 1. The number of carbonyl (C=O) groups is 1. The second kappa shape index (κ2) is 29.2. The van der Waals surface area contributed by atoms with E-state index in [1.54, 1.807) is 0 Å². The molecule has 11 heteroatoms. The largest absolute Gasteiger partial charge is 0.388 e. The summed E-state index contributed by atoms with van der Waals surface area (Å²) in [5, 5.41) is 14.0. The van der Waals surface area contributed by atoms with Crippen LogP contribution in [0.1, 0.15) is 168 Å². The zero-order valence-electron chi connectivity index (χ0n) is 47.1. The van der Waals surface area contributed by atoms with Crippen LogP contribution in [0.5, 0.6) is 0 Å². The van der Waals surface area contributed by atoms with Crippen LogP contribution in [0.25, 0.3) is 22.1 Å². The van der Waals surface area contributed by atoms with Crippen LogP contribution in [0.4, 0.5) is 0 Å². The number of nitrogens with zero attached hydrogens (tertiary/aromatic N) is 3. The molecule has 0 aliphatic heterocycles. The second-order valence-corrected chi connectivity index (χ2v) is 34.1. The maximum atomic E-state index is 11.7. The highest BCUT2D eigenvalue weighted by molar-refractivity contribution is 14.1. The van der Waals surface area contributed by atoms with E-state index in [2.05, 4.69) is 188 Å². The third-order valence-electron chi connectivity index (χ3n) is 15.9. The number of fused-ring (bicyclic) bond motifs is 2. The summed E-state index contributed by atoms with van der Waals surface area (Å²) in [6.07, 6.45) is 17.4. The van der Waals surface area contributed by atoms with E-state index in [4.69, 9.17) is 14.5 Å². The Hall–Kier alpha value is -3.47. The summed E-state index contributed by atoms with van der Waals surface area (Å²) in [7, 11) is -2.02. The van der Waals surface area contributed by atoms with Gasteiger partial charge in [0.25, 0.3) is 0 Å². The lowest BCUT2D eigenvalue weighted by molar-refractivity contribution is -0.113. The minimum Gasteiger partial charge on any atom is -0.388 e. The summed E-state index contributed by atoms with van der Waals surface area (Å²) in [6, 6.07) is 24.9. The van der Waals surface area contributed by atoms with E-state index in [1.807, 2.05) is 42.9 Å². The van der Waals surface area contributed by atoms with E-state index in [-0.39, 0.29) is 26.7 Å². The van der Waals surface area contributed by atoms with Crippen molar-refractivity contribution in [3.05, 3.63) is 129 Å². The summed E-state index contributed by atoms with van der Waals surface area (Å²) in [4.78, 5) is 22.9. The van der Waals surface area contributed by atoms with Gasteiger partial charge in [-0.15, -0.1) is 0 Å². The number of nitrogens with one attached hydrogen (secondary N) is 1. The fourth-order valence-electron chi connectivity index (χ4n) is 12.6. The smallest absolute Gasteiger partial charge is 0.171 e. The molecule has 0 saturated heterocycles. The Labute approximate surface area is 457 Å². The Balaban J connectivity index is 0.000000217. The van der Waals surface area contributed by atoms with Crippen LogP contribution in [0.15, 0.2) is 97.6 Å². The Kier molecular flexibility index (Phi) is 24.1. The van der Waals surface area contributed by atoms with E-state index in [0.29, 0.717) is 35.9 Å². The molecular formula is C62H92IN4O4Si2. The predicted molar refractivity (Wildman–Crippen MR) is 320 cm³/mol. The second-order valence-electron chi connectivity index (χ2n) is 22.8. The average Bonchev–Trinajstić information content (AvgIpc) is 4.03. The van der Waals surface area contributed by atoms with Gasteiger partial charge in [-0.25, -0.2) is 9.97 Å². The van der Waals surface area contributed by atoms with Crippen molar-refractivity contribution in [1.82, 2.24) is 19.2 Å². The highest BCUT2D eigenvalue weighted by Gasteiger charge is 2.46. The number of aliphatic hydroxyl groups is 1. The van der Waals surface area contributed by atoms with Gasteiger partial charge in [0, 0.05) is 38.9 Å². The number of halogens is 1. The minimum absolute atomic E-state index is 0.0957. The van der Waals surface area contributed by atoms with Crippen molar-refractivity contribution in [3.63, 3.8) is 0 Å². The van der Waals surface area contributed by atoms with Crippen molar-refractivity contribution in [3.8, 4) is 0 Å². The van der Waals surface area contributed by atoms with Crippen LogP contribution in [0, 0.1) is 29.3 Å². The van der Waals surface area contributed by atoms with Gasteiger partial charge in [0.2, 0.25) is 0 Å².